The van der Waals surface area contributed by atoms with Crippen LogP contribution >= 0.6 is 0 Å². The van der Waals surface area contributed by atoms with E-state index in [1.807, 2.05) is 13.8 Å². The molecule has 3 atom stereocenters. The molecule has 0 aromatic heterocycles. The van der Waals surface area contributed by atoms with Gasteiger partial charge in [0.05, 0.1) is 18.2 Å². The van der Waals surface area contributed by atoms with Gasteiger partial charge in [-0.1, -0.05) is 13.8 Å². The van der Waals surface area contributed by atoms with Crippen molar-refractivity contribution in [1.29, 1.82) is 0 Å². The third-order valence-electron chi connectivity index (χ3n) is 2.86. The van der Waals surface area contributed by atoms with Crippen LogP contribution in [0.25, 0.3) is 0 Å². The molecule has 3 N–H and O–H groups in total. The number of nitrogens with two attached hydrogens (primary N) is 1. The highest BCUT2D eigenvalue weighted by Crippen LogP contribution is 2.18. The number of hydrogen-bond acceptors (Lipinski definition) is 3. The van der Waals surface area contributed by atoms with Crippen molar-refractivity contribution in [2.24, 2.45) is 11.7 Å². The molecule has 4 heteroatoms. The lowest BCUT2D eigenvalue weighted by Crippen LogP contribution is -2.47. The van der Waals surface area contributed by atoms with E-state index < -0.39 is 0 Å². The number of rotatable bonds is 5. The number of carbonyl (C=O) groups is 1. The summed E-state index contributed by atoms with van der Waals surface area (Å²) in [5.74, 6) is -0.0580. The fourth-order valence-corrected chi connectivity index (χ4v) is 1.96. The molecule has 1 heterocycles. The Labute approximate surface area is 91.5 Å². The van der Waals surface area contributed by atoms with Gasteiger partial charge in [-0.2, -0.15) is 0 Å². The lowest BCUT2D eigenvalue weighted by atomic mass is 10.0. The van der Waals surface area contributed by atoms with Crippen LogP contribution in [-0.2, 0) is 9.53 Å². The molecular formula is C11H22N2O2. The molecule has 0 aromatic rings. The lowest BCUT2D eigenvalue weighted by Gasteiger charge is -2.21. The first-order valence-electron chi connectivity index (χ1n) is 5.69. The summed E-state index contributed by atoms with van der Waals surface area (Å²) < 4.78 is 5.66. The number of primary amides is 1. The zero-order valence-electron chi connectivity index (χ0n) is 9.82. The molecule has 0 aliphatic carbocycles. The molecule has 1 aliphatic heterocycles. The maximum atomic E-state index is 11.1. The van der Waals surface area contributed by atoms with Gasteiger partial charge in [-0.05, 0) is 25.7 Å². The van der Waals surface area contributed by atoms with E-state index in [0.29, 0.717) is 6.10 Å². The summed E-state index contributed by atoms with van der Waals surface area (Å²) in [6.45, 7) is 6.77. The smallest absolute Gasteiger partial charge is 0.234 e. The van der Waals surface area contributed by atoms with Gasteiger partial charge < -0.3 is 15.8 Å². The van der Waals surface area contributed by atoms with Crippen molar-refractivity contribution in [2.75, 3.05) is 6.54 Å². The molecule has 15 heavy (non-hydrogen) atoms. The molecule has 1 amide bonds. The Morgan fingerprint density at radius 2 is 2.20 bits per heavy atom. The van der Waals surface area contributed by atoms with E-state index in [9.17, 15) is 4.79 Å². The summed E-state index contributed by atoms with van der Waals surface area (Å²) >= 11 is 0. The Kier molecular flexibility index (Phi) is 4.54. The van der Waals surface area contributed by atoms with E-state index in [-0.39, 0.29) is 24.0 Å². The van der Waals surface area contributed by atoms with Crippen molar-refractivity contribution in [3.63, 3.8) is 0 Å². The first-order chi connectivity index (χ1) is 7.00. The summed E-state index contributed by atoms with van der Waals surface area (Å²) in [6, 6.07) is -0.246. The average molecular weight is 214 g/mol. The molecular weight excluding hydrogens is 192 g/mol. The Morgan fingerprint density at radius 3 is 2.60 bits per heavy atom. The molecule has 0 radical (unpaired) electrons. The van der Waals surface area contributed by atoms with E-state index in [2.05, 4.69) is 12.2 Å². The normalized spacial score (nSPS) is 28.3. The van der Waals surface area contributed by atoms with Crippen LogP contribution in [-0.4, -0.2) is 30.7 Å². The predicted molar refractivity (Wildman–Crippen MR) is 59.4 cm³/mol. The summed E-state index contributed by atoms with van der Waals surface area (Å²) in [5, 5.41) is 3.18. The van der Waals surface area contributed by atoms with Gasteiger partial charge in [0.1, 0.15) is 0 Å². The maximum Gasteiger partial charge on any atom is 0.234 e. The van der Waals surface area contributed by atoms with E-state index in [1.165, 1.54) is 0 Å². The molecule has 0 bridgehead atoms. The molecule has 1 saturated heterocycles. The molecule has 1 aliphatic rings. The first-order valence-corrected chi connectivity index (χ1v) is 5.69. The maximum absolute atomic E-state index is 11.1. The van der Waals surface area contributed by atoms with Gasteiger partial charge in [-0.3, -0.25) is 4.79 Å². The quantitative estimate of drug-likeness (QED) is 0.706. The topological polar surface area (TPSA) is 64.3 Å². The van der Waals surface area contributed by atoms with Crippen LogP contribution in [0.2, 0.25) is 0 Å². The van der Waals surface area contributed by atoms with E-state index >= 15 is 0 Å². The molecule has 0 saturated carbocycles. The van der Waals surface area contributed by atoms with E-state index in [4.69, 9.17) is 10.5 Å². The standard InChI is InChI=1S/C11H22N2O2/c1-7(2)10(11(12)14)13-6-9-5-4-8(3)15-9/h7-10,13H,4-6H2,1-3H3,(H2,12,14). The van der Waals surface area contributed by atoms with Gasteiger partial charge >= 0.3 is 0 Å². The Hall–Kier alpha value is -0.610. The zero-order valence-corrected chi connectivity index (χ0v) is 9.82. The summed E-state index contributed by atoms with van der Waals surface area (Å²) in [5.41, 5.74) is 5.31. The Balaban J connectivity index is 2.31. The van der Waals surface area contributed by atoms with Crippen molar-refractivity contribution >= 4 is 5.91 Å². The van der Waals surface area contributed by atoms with Crippen molar-refractivity contribution in [1.82, 2.24) is 5.32 Å². The van der Waals surface area contributed by atoms with Crippen molar-refractivity contribution in [2.45, 2.75) is 51.9 Å². The molecule has 1 rings (SSSR count). The molecule has 1 fully saturated rings. The average Bonchev–Trinajstić information content (AvgIpc) is 2.50. The summed E-state index contributed by atoms with van der Waals surface area (Å²) in [6.07, 6.45) is 2.76. The number of ether oxygens (including phenoxy) is 1. The third-order valence-corrected chi connectivity index (χ3v) is 2.86. The number of carbonyl (C=O) groups excluding carboxylic acids is 1. The Bertz CT molecular complexity index is 219. The van der Waals surface area contributed by atoms with Gasteiger partial charge in [0, 0.05) is 6.54 Å². The van der Waals surface area contributed by atoms with E-state index in [1.54, 1.807) is 0 Å². The summed E-state index contributed by atoms with van der Waals surface area (Å²) in [7, 11) is 0. The van der Waals surface area contributed by atoms with Crippen LogP contribution in [0.1, 0.15) is 33.6 Å². The predicted octanol–water partition coefficient (Wildman–Crippen LogP) is 0.653. The van der Waals surface area contributed by atoms with Crippen LogP contribution in [0.3, 0.4) is 0 Å². The lowest BCUT2D eigenvalue weighted by molar-refractivity contribution is -0.121. The van der Waals surface area contributed by atoms with Crippen LogP contribution in [0.5, 0.6) is 0 Å². The fourth-order valence-electron chi connectivity index (χ4n) is 1.96. The second kappa shape index (κ2) is 5.47. The zero-order chi connectivity index (χ0) is 11.4. The molecule has 0 aromatic carbocycles. The molecule has 3 unspecified atom stereocenters. The third kappa shape index (κ3) is 3.80. The number of amides is 1. The van der Waals surface area contributed by atoms with Crippen molar-refractivity contribution < 1.29 is 9.53 Å². The van der Waals surface area contributed by atoms with Crippen LogP contribution < -0.4 is 11.1 Å². The van der Waals surface area contributed by atoms with E-state index in [0.717, 1.165) is 19.4 Å². The highest BCUT2D eigenvalue weighted by molar-refractivity contribution is 5.80. The Morgan fingerprint density at radius 1 is 1.53 bits per heavy atom. The van der Waals surface area contributed by atoms with Crippen LogP contribution in [0.15, 0.2) is 0 Å². The number of nitrogens with one attached hydrogen (secondary N) is 1. The van der Waals surface area contributed by atoms with Gasteiger partial charge in [-0.15, -0.1) is 0 Å². The monoisotopic (exact) mass is 214 g/mol. The first kappa shape index (κ1) is 12.5. The second-order valence-electron chi connectivity index (χ2n) is 4.68. The minimum atomic E-state index is -0.281. The van der Waals surface area contributed by atoms with Gasteiger partial charge in [0.2, 0.25) is 5.91 Å². The summed E-state index contributed by atoms with van der Waals surface area (Å²) in [4.78, 5) is 11.1. The van der Waals surface area contributed by atoms with Gasteiger partial charge in [-0.25, -0.2) is 0 Å². The molecule has 4 nitrogen and oxygen atoms in total. The van der Waals surface area contributed by atoms with Crippen LogP contribution in [0.4, 0.5) is 0 Å². The highest BCUT2D eigenvalue weighted by Gasteiger charge is 2.24. The van der Waals surface area contributed by atoms with Crippen molar-refractivity contribution in [3.8, 4) is 0 Å². The van der Waals surface area contributed by atoms with Gasteiger partial charge in [0.25, 0.3) is 0 Å². The second-order valence-corrected chi connectivity index (χ2v) is 4.68. The molecule has 0 spiro atoms. The highest BCUT2D eigenvalue weighted by atomic mass is 16.5. The number of hydrogen-bond donors (Lipinski definition) is 2. The largest absolute Gasteiger partial charge is 0.374 e. The fraction of sp³-hybridized carbons (Fsp3) is 0.909. The minimum Gasteiger partial charge on any atom is -0.374 e. The van der Waals surface area contributed by atoms with Crippen molar-refractivity contribution in [3.05, 3.63) is 0 Å². The minimum absolute atomic E-state index is 0.223. The molecule has 88 valence electrons. The van der Waals surface area contributed by atoms with Crippen LogP contribution in [0, 0.1) is 5.92 Å². The van der Waals surface area contributed by atoms with Gasteiger partial charge in [0.15, 0.2) is 0 Å². The SMILES string of the molecule is CC1CCC(CNC(C(N)=O)C(C)C)O1.